The molecule has 1 aliphatic rings. The van der Waals surface area contributed by atoms with Crippen molar-refractivity contribution < 1.29 is 4.74 Å². The van der Waals surface area contributed by atoms with Gasteiger partial charge in [-0.2, -0.15) is 0 Å². The van der Waals surface area contributed by atoms with E-state index in [1.54, 1.807) is 0 Å². The molecule has 0 aromatic heterocycles. The molecule has 112 valence electrons. The number of benzene rings is 1. The molecule has 2 heteroatoms. The zero-order valence-electron chi connectivity index (χ0n) is 13.1. The molecular formula is C18H29NO. The Kier molecular flexibility index (Phi) is 6.38. The van der Waals surface area contributed by atoms with Crippen molar-refractivity contribution in [3.63, 3.8) is 0 Å². The molecular weight excluding hydrogens is 246 g/mol. The van der Waals surface area contributed by atoms with Gasteiger partial charge in [0.2, 0.25) is 0 Å². The van der Waals surface area contributed by atoms with Crippen LogP contribution in [-0.4, -0.2) is 19.2 Å². The number of hydrogen-bond acceptors (Lipinski definition) is 2. The van der Waals surface area contributed by atoms with Crippen LogP contribution in [0.25, 0.3) is 0 Å². The molecule has 0 fully saturated rings. The lowest BCUT2D eigenvalue weighted by Gasteiger charge is -2.13. The summed E-state index contributed by atoms with van der Waals surface area (Å²) in [6.07, 6.45) is 8.63. The number of nitrogens with one attached hydrogen (secondary N) is 1. The molecule has 0 saturated carbocycles. The molecule has 2 nitrogen and oxygen atoms in total. The molecule has 0 amide bonds. The summed E-state index contributed by atoms with van der Waals surface area (Å²) in [6, 6.07) is 7.26. The van der Waals surface area contributed by atoms with Gasteiger partial charge in [0.1, 0.15) is 5.75 Å². The topological polar surface area (TPSA) is 21.3 Å². The van der Waals surface area contributed by atoms with E-state index in [0.29, 0.717) is 6.04 Å². The van der Waals surface area contributed by atoms with Crippen molar-refractivity contribution in [3.05, 3.63) is 29.3 Å². The summed E-state index contributed by atoms with van der Waals surface area (Å²) in [4.78, 5) is 0. The van der Waals surface area contributed by atoms with Gasteiger partial charge in [-0.05, 0) is 81.7 Å². The summed E-state index contributed by atoms with van der Waals surface area (Å²) in [7, 11) is 0. The van der Waals surface area contributed by atoms with Crippen LogP contribution in [0.15, 0.2) is 18.2 Å². The summed E-state index contributed by atoms with van der Waals surface area (Å²) < 4.78 is 5.87. The van der Waals surface area contributed by atoms with Crippen LogP contribution < -0.4 is 10.1 Å². The van der Waals surface area contributed by atoms with E-state index in [-0.39, 0.29) is 0 Å². The maximum Gasteiger partial charge on any atom is 0.119 e. The van der Waals surface area contributed by atoms with Crippen LogP contribution in [0.5, 0.6) is 5.75 Å². The van der Waals surface area contributed by atoms with Crippen LogP contribution in [0.1, 0.15) is 57.1 Å². The molecule has 2 rings (SSSR count). The van der Waals surface area contributed by atoms with Crippen molar-refractivity contribution in [2.75, 3.05) is 13.2 Å². The predicted octanol–water partition coefficient (Wildman–Crippen LogP) is 4.11. The Morgan fingerprint density at radius 3 is 2.90 bits per heavy atom. The van der Waals surface area contributed by atoms with Gasteiger partial charge in [0, 0.05) is 6.04 Å². The number of unbranched alkanes of at least 4 members (excludes halogenated alkanes) is 1. The van der Waals surface area contributed by atoms with Crippen LogP contribution in [0.3, 0.4) is 0 Å². The summed E-state index contributed by atoms with van der Waals surface area (Å²) in [6.45, 7) is 6.47. The van der Waals surface area contributed by atoms with Gasteiger partial charge in [0.25, 0.3) is 0 Å². The minimum absolute atomic E-state index is 0.634. The SMILES string of the molecule is CCCNC(C)CCCCOc1ccc2c(c1)CCC2. The summed E-state index contributed by atoms with van der Waals surface area (Å²) in [5.41, 5.74) is 3.02. The molecule has 1 unspecified atom stereocenters. The lowest BCUT2D eigenvalue weighted by atomic mass is 10.1. The Balaban J connectivity index is 1.59. The third-order valence-electron chi connectivity index (χ3n) is 4.11. The molecule has 20 heavy (non-hydrogen) atoms. The van der Waals surface area contributed by atoms with Gasteiger partial charge >= 0.3 is 0 Å². The van der Waals surface area contributed by atoms with Crippen LogP contribution in [0.2, 0.25) is 0 Å². The van der Waals surface area contributed by atoms with E-state index in [2.05, 4.69) is 37.4 Å². The molecule has 1 aliphatic carbocycles. The van der Waals surface area contributed by atoms with E-state index in [9.17, 15) is 0 Å². The molecule has 0 heterocycles. The normalized spacial score (nSPS) is 15.1. The lowest BCUT2D eigenvalue weighted by Crippen LogP contribution is -2.26. The minimum Gasteiger partial charge on any atom is -0.494 e. The van der Waals surface area contributed by atoms with Crippen molar-refractivity contribution in [1.29, 1.82) is 0 Å². The highest BCUT2D eigenvalue weighted by atomic mass is 16.5. The molecule has 0 radical (unpaired) electrons. The largest absolute Gasteiger partial charge is 0.494 e. The van der Waals surface area contributed by atoms with Gasteiger partial charge in [-0.25, -0.2) is 0 Å². The van der Waals surface area contributed by atoms with Crippen LogP contribution in [0, 0.1) is 0 Å². The number of ether oxygens (including phenoxy) is 1. The van der Waals surface area contributed by atoms with Crippen molar-refractivity contribution in [1.82, 2.24) is 5.32 Å². The van der Waals surface area contributed by atoms with E-state index < -0.39 is 0 Å². The zero-order valence-corrected chi connectivity index (χ0v) is 13.1. The predicted molar refractivity (Wildman–Crippen MR) is 85.6 cm³/mol. The monoisotopic (exact) mass is 275 g/mol. The zero-order chi connectivity index (χ0) is 14.2. The Bertz CT molecular complexity index is 402. The molecule has 1 aromatic rings. The first kappa shape index (κ1) is 15.4. The maximum absolute atomic E-state index is 5.87. The first-order valence-corrected chi connectivity index (χ1v) is 8.27. The second-order valence-electron chi connectivity index (χ2n) is 5.98. The van der Waals surface area contributed by atoms with E-state index in [4.69, 9.17) is 4.74 Å². The van der Waals surface area contributed by atoms with Gasteiger partial charge < -0.3 is 10.1 Å². The highest BCUT2D eigenvalue weighted by molar-refractivity contribution is 5.38. The first-order chi connectivity index (χ1) is 9.79. The number of fused-ring (bicyclic) bond motifs is 1. The van der Waals surface area contributed by atoms with Crippen LogP contribution >= 0.6 is 0 Å². The van der Waals surface area contributed by atoms with Crippen molar-refractivity contribution in [2.45, 2.75) is 64.8 Å². The van der Waals surface area contributed by atoms with Crippen molar-refractivity contribution in [2.24, 2.45) is 0 Å². The fourth-order valence-electron chi connectivity index (χ4n) is 2.87. The van der Waals surface area contributed by atoms with Crippen LogP contribution in [-0.2, 0) is 12.8 Å². The number of aryl methyl sites for hydroxylation is 2. The fourth-order valence-corrected chi connectivity index (χ4v) is 2.87. The van der Waals surface area contributed by atoms with Crippen molar-refractivity contribution >= 4 is 0 Å². The average molecular weight is 275 g/mol. The Morgan fingerprint density at radius 1 is 1.20 bits per heavy atom. The summed E-state index contributed by atoms with van der Waals surface area (Å²) in [5, 5.41) is 3.53. The van der Waals surface area contributed by atoms with Gasteiger partial charge in [-0.15, -0.1) is 0 Å². The first-order valence-electron chi connectivity index (χ1n) is 8.27. The van der Waals surface area contributed by atoms with Gasteiger partial charge in [-0.1, -0.05) is 13.0 Å². The third kappa shape index (κ3) is 4.82. The smallest absolute Gasteiger partial charge is 0.119 e. The Morgan fingerprint density at radius 2 is 2.05 bits per heavy atom. The highest BCUT2D eigenvalue weighted by Gasteiger charge is 2.11. The van der Waals surface area contributed by atoms with E-state index in [1.807, 2.05) is 0 Å². The Labute approximate surface area is 123 Å². The Hall–Kier alpha value is -1.02. The summed E-state index contributed by atoms with van der Waals surface area (Å²) in [5.74, 6) is 1.06. The minimum atomic E-state index is 0.634. The highest BCUT2D eigenvalue weighted by Crippen LogP contribution is 2.26. The molecule has 1 N–H and O–H groups in total. The number of rotatable bonds is 9. The molecule has 0 saturated heterocycles. The quantitative estimate of drug-likeness (QED) is 0.685. The second kappa shape index (κ2) is 8.31. The summed E-state index contributed by atoms with van der Waals surface area (Å²) >= 11 is 0. The fraction of sp³-hybridized carbons (Fsp3) is 0.667. The standard InChI is InChI=1S/C18H29NO/c1-3-12-19-15(2)7-4-5-13-20-18-11-10-16-8-6-9-17(16)14-18/h10-11,14-15,19H,3-9,12-13H2,1-2H3. The molecule has 0 aliphatic heterocycles. The maximum atomic E-state index is 5.87. The van der Waals surface area contributed by atoms with Crippen molar-refractivity contribution in [3.8, 4) is 5.75 Å². The molecule has 0 bridgehead atoms. The van der Waals surface area contributed by atoms with Gasteiger partial charge in [0.05, 0.1) is 6.61 Å². The molecule has 0 spiro atoms. The number of hydrogen-bond donors (Lipinski definition) is 1. The average Bonchev–Trinajstić information content (AvgIpc) is 2.92. The molecule has 1 atom stereocenters. The van der Waals surface area contributed by atoms with Gasteiger partial charge in [0.15, 0.2) is 0 Å². The van der Waals surface area contributed by atoms with E-state index in [1.165, 1.54) is 49.7 Å². The third-order valence-corrected chi connectivity index (χ3v) is 4.11. The van der Waals surface area contributed by atoms with Crippen LogP contribution in [0.4, 0.5) is 0 Å². The lowest BCUT2D eigenvalue weighted by molar-refractivity contribution is 0.301. The second-order valence-corrected chi connectivity index (χ2v) is 5.98. The molecule has 1 aromatic carbocycles. The van der Waals surface area contributed by atoms with E-state index in [0.717, 1.165) is 25.3 Å². The van der Waals surface area contributed by atoms with Gasteiger partial charge in [-0.3, -0.25) is 0 Å². The van der Waals surface area contributed by atoms with E-state index >= 15 is 0 Å².